The highest BCUT2D eigenvalue weighted by Crippen LogP contribution is 2.27. The number of hydrogen-bond acceptors (Lipinski definition) is 7. The summed E-state index contributed by atoms with van der Waals surface area (Å²) >= 11 is 3.09. The van der Waals surface area contributed by atoms with Crippen LogP contribution in [-0.2, 0) is 10.5 Å². The molecule has 31 heavy (non-hydrogen) atoms. The third-order valence-corrected chi connectivity index (χ3v) is 6.85. The molecule has 2 heterocycles. The number of esters is 1. The van der Waals surface area contributed by atoms with E-state index in [2.05, 4.69) is 18.8 Å². The van der Waals surface area contributed by atoms with E-state index in [9.17, 15) is 9.59 Å². The number of carbonyl (C=O) groups is 1. The fourth-order valence-corrected chi connectivity index (χ4v) is 4.95. The lowest BCUT2D eigenvalue weighted by molar-refractivity contribution is 0.0601. The standard InChI is InChI=1S/C23H21N3O3S2/c1-14(2)20-24-16(12-30-20)13-31-23-25-19-11-15(22(28)29-3)9-10-18(19)21(27)26(23)17-7-5-4-6-8-17/h4-12,14H,13H2,1-3H3. The molecule has 2 aromatic heterocycles. The topological polar surface area (TPSA) is 74.1 Å². The van der Waals surface area contributed by atoms with Gasteiger partial charge in [-0.1, -0.05) is 43.8 Å². The number of fused-ring (bicyclic) bond motifs is 1. The van der Waals surface area contributed by atoms with Gasteiger partial charge in [-0.15, -0.1) is 11.3 Å². The fourth-order valence-electron chi connectivity index (χ4n) is 3.10. The van der Waals surface area contributed by atoms with Gasteiger partial charge in [0, 0.05) is 17.1 Å². The summed E-state index contributed by atoms with van der Waals surface area (Å²) < 4.78 is 6.41. The van der Waals surface area contributed by atoms with Crippen molar-refractivity contribution in [2.45, 2.75) is 30.7 Å². The highest BCUT2D eigenvalue weighted by atomic mass is 32.2. The van der Waals surface area contributed by atoms with Crippen LogP contribution in [0.5, 0.6) is 0 Å². The Morgan fingerprint density at radius 3 is 2.61 bits per heavy atom. The second-order valence-corrected chi connectivity index (χ2v) is 9.05. The first kappa shape index (κ1) is 21.3. The number of rotatable bonds is 6. The molecular formula is C23H21N3O3S2. The van der Waals surface area contributed by atoms with Crippen LogP contribution < -0.4 is 5.56 Å². The van der Waals surface area contributed by atoms with Gasteiger partial charge in [-0.3, -0.25) is 9.36 Å². The summed E-state index contributed by atoms with van der Waals surface area (Å²) in [7, 11) is 1.33. The lowest BCUT2D eigenvalue weighted by Crippen LogP contribution is -2.22. The molecule has 0 aliphatic carbocycles. The largest absolute Gasteiger partial charge is 0.465 e. The van der Waals surface area contributed by atoms with Crippen LogP contribution in [0, 0.1) is 0 Å². The van der Waals surface area contributed by atoms with Gasteiger partial charge in [0.2, 0.25) is 0 Å². The van der Waals surface area contributed by atoms with Gasteiger partial charge in [-0.25, -0.2) is 14.8 Å². The molecule has 0 radical (unpaired) electrons. The van der Waals surface area contributed by atoms with Crippen molar-refractivity contribution in [3.63, 3.8) is 0 Å². The molecule has 0 atom stereocenters. The van der Waals surface area contributed by atoms with Crippen molar-refractivity contribution in [3.8, 4) is 5.69 Å². The summed E-state index contributed by atoms with van der Waals surface area (Å²) in [6.07, 6.45) is 0. The minimum atomic E-state index is -0.464. The first-order chi connectivity index (χ1) is 15.0. The molecule has 0 saturated heterocycles. The van der Waals surface area contributed by atoms with E-state index in [1.807, 2.05) is 35.7 Å². The number of benzene rings is 2. The van der Waals surface area contributed by atoms with E-state index in [0.717, 1.165) is 16.4 Å². The van der Waals surface area contributed by atoms with Gasteiger partial charge in [0.05, 0.1) is 40.0 Å². The Morgan fingerprint density at radius 1 is 1.16 bits per heavy atom. The summed E-state index contributed by atoms with van der Waals surface area (Å²) in [6, 6.07) is 14.2. The summed E-state index contributed by atoms with van der Waals surface area (Å²) in [5.74, 6) is 0.501. The van der Waals surface area contributed by atoms with Crippen LogP contribution >= 0.6 is 23.1 Å². The van der Waals surface area contributed by atoms with Crippen LogP contribution in [0.4, 0.5) is 0 Å². The molecule has 0 saturated carbocycles. The zero-order valence-corrected chi connectivity index (χ0v) is 19.0. The SMILES string of the molecule is COC(=O)c1ccc2c(=O)n(-c3ccccc3)c(SCc3csc(C(C)C)n3)nc2c1. The maximum atomic E-state index is 13.4. The van der Waals surface area contributed by atoms with E-state index in [1.54, 1.807) is 34.1 Å². The van der Waals surface area contributed by atoms with Gasteiger partial charge in [0.1, 0.15) is 0 Å². The monoisotopic (exact) mass is 451 g/mol. The Morgan fingerprint density at radius 2 is 1.94 bits per heavy atom. The van der Waals surface area contributed by atoms with E-state index < -0.39 is 5.97 Å². The van der Waals surface area contributed by atoms with Gasteiger partial charge in [-0.05, 0) is 30.3 Å². The number of methoxy groups -OCH3 is 1. The third-order valence-electron chi connectivity index (χ3n) is 4.69. The normalized spacial score (nSPS) is 11.2. The molecule has 158 valence electrons. The first-order valence-electron chi connectivity index (χ1n) is 9.75. The lowest BCUT2D eigenvalue weighted by atomic mass is 10.1. The summed E-state index contributed by atoms with van der Waals surface area (Å²) in [4.78, 5) is 34.7. The number of aromatic nitrogens is 3. The van der Waals surface area contributed by atoms with Gasteiger partial charge < -0.3 is 4.74 Å². The van der Waals surface area contributed by atoms with Crippen LogP contribution in [-0.4, -0.2) is 27.6 Å². The zero-order valence-electron chi connectivity index (χ0n) is 17.4. The molecular weight excluding hydrogens is 430 g/mol. The molecule has 0 aliphatic heterocycles. The lowest BCUT2D eigenvalue weighted by Gasteiger charge is -2.13. The second kappa shape index (κ2) is 9.03. The number of ether oxygens (including phenoxy) is 1. The number of hydrogen-bond donors (Lipinski definition) is 0. The molecule has 4 aromatic rings. The Hall–Kier alpha value is -2.97. The van der Waals surface area contributed by atoms with Gasteiger partial charge in [0.15, 0.2) is 5.16 Å². The zero-order chi connectivity index (χ0) is 22.0. The number of thiazole rings is 1. The number of thioether (sulfide) groups is 1. The molecule has 0 N–H and O–H groups in total. The molecule has 0 bridgehead atoms. The predicted molar refractivity (Wildman–Crippen MR) is 124 cm³/mol. The number of carbonyl (C=O) groups excluding carboxylic acids is 1. The van der Waals surface area contributed by atoms with E-state index in [1.165, 1.54) is 18.9 Å². The van der Waals surface area contributed by atoms with E-state index in [0.29, 0.717) is 33.3 Å². The first-order valence-corrected chi connectivity index (χ1v) is 11.6. The average Bonchev–Trinajstić information content (AvgIpc) is 3.27. The summed E-state index contributed by atoms with van der Waals surface area (Å²) in [5.41, 5.74) is 2.33. The summed E-state index contributed by atoms with van der Waals surface area (Å²) in [6.45, 7) is 4.24. The van der Waals surface area contributed by atoms with Crippen LogP contribution in [0.2, 0.25) is 0 Å². The van der Waals surface area contributed by atoms with E-state index in [-0.39, 0.29) is 5.56 Å². The highest BCUT2D eigenvalue weighted by molar-refractivity contribution is 7.98. The van der Waals surface area contributed by atoms with Crippen molar-refractivity contribution >= 4 is 40.0 Å². The highest BCUT2D eigenvalue weighted by Gasteiger charge is 2.16. The summed E-state index contributed by atoms with van der Waals surface area (Å²) in [5, 5.41) is 4.12. The average molecular weight is 452 g/mol. The van der Waals surface area contributed by atoms with Crippen molar-refractivity contribution in [2.75, 3.05) is 7.11 Å². The van der Waals surface area contributed by atoms with E-state index >= 15 is 0 Å². The van der Waals surface area contributed by atoms with Crippen molar-refractivity contribution in [3.05, 3.63) is 80.5 Å². The molecule has 0 fully saturated rings. The molecule has 0 unspecified atom stereocenters. The quantitative estimate of drug-likeness (QED) is 0.232. The maximum Gasteiger partial charge on any atom is 0.337 e. The van der Waals surface area contributed by atoms with Gasteiger partial charge in [0.25, 0.3) is 5.56 Å². The smallest absolute Gasteiger partial charge is 0.337 e. The van der Waals surface area contributed by atoms with Crippen molar-refractivity contribution in [2.24, 2.45) is 0 Å². The predicted octanol–water partition coefficient (Wildman–Crippen LogP) is 5.04. The van der Waals surface area contributed by atoms with Crippen molar-refractivity contribution in [1.29, 1.82) is 0 Å². The number of para-hydroxylation sites is 1. The Labute approximate surface area is 187 Å². The van der Waals surface area contributed by atoms with Crippen LogP contribution in [0.3, 0.4) is 0 Å². The minimum absolute atomic E-state index is 0.184. The maximum absolute atomic E-state index is 13.4. The van der Waals surface area contributed by atoms with Crippen LogP contribution in [0.25, 0.3) is 16.6 Å². The fraction of sp³-hybridized carbons (Fsp3) is 0.217. The second-order valence-electron chi connectivity index (χ2n) is 7.21. The molecule has 0 spiro atoms. The third kappa shape index (κ3) is 4.40. The number of nitrogens with zero attached hydrogens (tertiary/aromatic N) is 3. The van der Waals surface area contributed by atoms with Crippen molar-refractivity contribution < 1.29 is 9.53 Å². The van der Waals surface area contributed by atoms with E-state index in [4.69, 9.17) is 9.72 Å². The molecule has 2 aromatic carbocycles. The molecule has 0 aliphatic rings. The molecule has 8 heteroatoms. The molecule has 4 rings (SSSR count). The Kier molecular flexibility index (Phi) is 6.20. The Balaban J connectivity index is 1.81. The van der Waals surface area contributed by atoms with Crippen molar-refractivity contribution in [1.82, 2.24) is 14.5 Å². The minimum Gasteiger partial charge on any atom is -0.465 e. The van der Waals surface area contributed by atoms with Crippen LogP contribution in [0.15, 0.2) is 63.9 Å². The van der Waals surface area contributed by atoms with Crippen LogP contribution in [0.1, 0.15) is 40.8 Å². The van der Waals surface area contributed by atoms with Gasteiger partial charge >= 0.3 is 5.97 Å². The Bertz CT molecular complexity index is 1300. The molecule has 0 amide bonds. The van der Waals surface area contributed by atoms with Gasteiger partial charge in [-0.2, -0.15) is 0 Å². The molecule has 6 nitrogen and oxygen atoms in total.